The van der Waals surface area contributed by atoms with Gasteiger partial charge in [-0.2, -0.15) is 0 Å². The number of likely N-dealkylation sites (N-methyl/N-ethyl adjacent to an activating group) is 1. The van der Waals surface area contributed by atoms with E-state index < -0.39 is 0 Å². The van der Waals surface area contributed by atoms with Gasteiger partial charge in [-0.05, 0) is 43.2 Å². The third-order valence-electron chi connectivity index (χ3n) is 6.22. The molecule has 2 aromatic rings. The van der Waals surface area contributed by atoms with Crippen LogP contribution in [0.3, 0.4) is 0 Å². The maximum absolute atomic E-state index is 13.4. The minimum Gasteiger partial charge on any atom is -0.491 e. The van der Waals surface area contributed by atoms with E-state index in [-0.39, 0.29) is 36.5 Å². The maximum Gasteiger partial charge on any atom is 0.257 e. The van der Waals surface area contributed by atoms with Gasteiger partial charge in [0.25, 0.3) is 5.91 Å². The molecule has 1 N–H and O–H groups in total. The van der Waals surface area contributed by atoms with E-state index in [1.807, 2.05) is 18.2 Å². The molecule has 1 aliphatic rings. The summed E-state index contributed by atoms with van der Waals surface area (Å²) < 4.78 is 16.9. The summed E-state index contributed by atoms with van der Waals surface area (Å²) in [4.78, 5) is 33.9. The number of pyridine rings is 1. The summed E-state index contributed by atoms with van der Waals surface area (Å²) in [7, 11) is 4.88. The summed E-state index contributed by atoms with van der Waals surface area (Å²) in [5.74, 6) is 0.129. The van der Waals surface area contributed by atoms with Crippen LogP contribution in [0.25, 0.3) is 0 Å². The Bertz CT molecular complexity index is 987. The van der Waals surface area contributed by atoms with E-state index in [0.29, 0.717) is 36.7 Å². The first-order chi connectivity index (χ1) is 16.8. The number of hydrogen-bond acceptors (Lipinski definition) is 7. The minimum absolute atomic E-state index is 0.0538. The molecule has 9 heteroatoms. The Morgan fingerprint density at radius 3 is 2.69 bits per heavy atom. The van der Waals surface area contributed by atoms with Crippen molar-refractivity contribution in [3.05, 3.63) is 53.9 Å². The number of anilines is 1. The molecule has 1 aliphatic heterocycles. The van der Waals surface area contributed by atoms with Gasteiger partial charge in [-0.1, -0.05) is 13.0 Å². The second-order valence-corrected chi connectivity index (χ2v) is 9.04. The van der Waals surface area contributed by atoms with Crippen LogP contribution in [-0.2, 0) is 20.8 Å². The SMILES string of the molecule is COCC(=O)Nc1ccc2c(c1)C(=O)N(C)C[C@H](OC)[C@@H](C)CN(Cc1ccccn1)[C@H](C)CO2. The zero-order chi connectivity index (χ0) is 25.4. The van der Waals surface area contributed by atoms with Crippen LogP contribution in [0, 0.1) is 5.92 Å². The van der Waals surface area contributed by atoms with Gasteiger partial charge < -0.3 is 24.4 Å². The quantitative estimate of drug-likeness (QED) is 0.674. The summed E-state index contributed by atoms with van der Waals surface area (Å²) in [6.07, 6.45) is 1.64. The van der Waals surface area contributed by atoms with Gasteiger partial charge in [-0.3, -0.25) is 19.5 Å². The van der Waals surface area contributed by atoms with Gasteiger partial charge in [0, 0.05) is 58.8 Å². The molecule has 0 spiro atoms. The normalized spacial score (nSPS) is 21.9. The van der Waals surface area contributed by atoms with Crippen LogP contribution in [0.5, 0.6) is 5.75 Å². The molecule has 190 valence electrons. The lowest BCUT2D eigenvalue weighted by Crippen LogP contribution is -2.46. The smallest absolute Gasteiger partial charge is 0.257 e. The average Bonchev–Trinajstić information content (AvgIpc) is 2.85. The van der Waals surface area contributed by atoms with Crippen LogP contribution < -0.4 is 10.1 Å². The van der Waals surface area contributed by atoms with Gasteiger partial charge in [0.1, 0.15) is 19.0 Å². The highest BCUT2D eigenvalue weighted by molar-refractivity contribution is 5.99. The second kappa shape index (κ2) is 12.6. The molecule has 0 bridgehead atoms. The number of methoxy groups -OCH3 is 2. The molecular formula is C26H36N4O5. The summed E-state index contributed by atoms with van der Waals surface area (Å²) in [5, 5.41) is 2.75. The van der Waals surface area contributed by atoms with Gasteiger partial charge in [0.2, 0.25) is 5.91 Å². The van der Waals surface area contributed by atoms with Crippen molar-refractivity contribution in [1.82, 2.24) is 14.8 Å². The van der Waals surface area contributed by atoms with Crippen molar-refractivity contribution in [2.45, 2.75) is 32.5 Å². The highest BCUT2D eigenvalue weighted by Crippen LogP contribution is 2.26. The average molecular weight is 485 g/mol. The van der Waals surface area contributed by atoms with E-state index in [9.17, 15) is 9.59 Å². The van der Waals surface area contributed by atoms with Crippen molar-refractivity contribution in [3.63, 3.8) is 0 Å². The molecule has 3 atom stereocenters. The number of amides is 2. The first-order valence-electron chi connectivity index (χ1n) is 11.8. The van der Waals surface area contributed by atoms with Crippen molar-refractivity contribution >= 4 is 17.5 Å². The van der Waals surface area contributed by atoms with Crippen molar-refractivity contribution in [2.75, 3.05) is 52.9 Å². The second-order valence-electron chi connectivity index (χ2n) is 9.04. The van der Waals surface area contributed by atoms with Crippen molar-refractivity contribution < 1.29 is 23.8 Å². The fourth-order valence-corrected chi connectivity index (χ4v) is 4.18. The highest BCUT2D eigenvalue weighted by atomic mass is 16.5. The predicted octanol–water partition coefficient (Wildman–Crippen LogP) is 2.67. The molecule has 1 aromatic carbocycles. The number of fused-ring (bicyclic) bond motifs is 1. The number of carbonyl (C=O) groups is 2. The summed E-state index contributed by atoms with van der Waals surface area (Å²) in [6, 6.07) is 11.1. The molecule has 0 saturated heterocycles. The first kappa shape index (κ1) is 26.6. The van der Waals surface area contributed by atoms with Gasteiger partial charge >= 0.3 is 0 Å². The minimum atomic E-state index is -0.297. The van der Waals surface area contributed by atoms with Crippen molar-refractivity contribution in [3.8, 4) is 5.75 Å². The number of nitrogens with one attached hydrogen (secondary N) is 1. The third kappa shape index (κ3) is 7.24. The van der Waals surface area contributed by atoms with Gasteiger partial charge in [-0.15, -0.1) is 0 Å². The zero-order valence-electron chi connectivity index (χ0n) is 21.2. The number of hydrogen-bond donors (Lipinski definition) is 1. The summed E-state index contributed by atoms with van der Waals surface area (Å²) >= 11 is 0. The molecule has 0 saturated carbocycles. The number of rotatable bonds is 6. The number of carbonyl (C=O) groups excluding carboxylic acids is 2. The fraction of sp³-hybridized carbons (Fsp3) is 0.500. The first-order valence-corrected chi connectivity index (χ1v) is 11.8. The molecule has 9 nitrogen and oxygen atoms in total. The van der Waals surface area contributed by atoms with Crippen LogP contribution >= 0.6 is 0 Å². The highest BCUT2D eigenvalue weighted by Gasteiger charge is 2.28. The Balaban J connectivity index is 1.92. The van der Waals surface area contributed by atoms with E-state index in [2.05, 4.69) is 29.0 Å². The summed E-state index contributed by atoms with van der Waals surface area (Å²) in [6.45, 7) is 6.42. The van der Waals surface area contributed by atoms with Crippen LogP contribution in [0.1, 0.15) is 29.9 Å². The van der Waals surface area contributed by atoms with Gasteiger partial charge in [0.05, 0.1) is 17.4 Å². The lowest BCUT2D eigenvalue weighted by Gasteiger charge is -2.35. The predicted molar refractivity (Wildman–Crippen MR) is 133 cm³/mol. The monoisotopic (exact) mass is 484 g/mol. The number of nitrogens with zero attached hydrogens (tertiary/aromatic N) is 3. The van der Waals surface area contributed by atoms with Crippen LogP contribution in [0.2, 0.25) is 0 Å². The molecule has 3 rings (SSSR count). The zero-order valence-corrected chi connectivity index (χ0v) is 21.2. The van der Waals surface area contributed by atoms with Gasteiger partial charge in [-0.25, -0.2) is 0 Å². The van der Waals surface area contributed by atoms with Crippen molar-refractivity contribution in [2.24, 2.45) is 5.92 Å². The molecule has 35 heavy (non-hydrogen) atoms. The Morgan fingerprint density at radius 1 is 1.20 bits per heavy atom. The third-order valence-corrected chi connectivity index (χ3v) is 6.22. The van der Waals surface area contributed by atoms with E-state index in [4.69, 9.17) is 14.2 Å². The molecule has 0 fully saturated rings. The Kier molecular flexibility index (Phi) is 9.59. The van der Waals surface area contributed by atoms with Gasteiger partial charge in [0.15, 0.2) is 0 Å². The molecule has 0 aliphatic carbocycles. The summed E-state index contributed by atoms with van der Waals surface area (Å²) in [5.41, 5.74) is 1.87. The molecular weight excluding hydrogens is 448 g/mol. The van der Waals surface area contributed by atoms with Crippen molar-refractivity contribution in [1.29, 1.82) is 0 Å². The topological polar surface area (TPSA) is 93.2 Å². The standard InChI is InChI=1S/C26H36N4O5/c1-18-13-30(14-21-8-6-7-11-27-21)19(2)16-35-23-10-9-20(28-25(31)17-33-4)12-22(23)26(32)29(3)15-24(18)34-5/h6-12,18-19,24H,13-17H2,1-5H3,(H,28,31)/t18-,19+,24-/m0/s1. The number of aromatic nitrogens is 1. The van der Waals surface area contributed by atoms with E-state index >= 15 is 0 Å². The lowest BCUT2D eigenvalue weighted by atomic mass is 10.0. The molecule has 1 aromatic heterocycles. The Morgan fingerprint density at radius 2 is 2.00 bits per heavy atom. The van der Waals surface area contributed by atoms with E-state index in [0.717, 1.165) is 12.2 Å². The largest absolute Gasteiger partial charge is 0.491 e. The van der Waals surface area contributed by atoms with Crippen LogP contribution in [0.15, 0.2) is 42.6 Å². The van der Waals surface area contributed by atoms with E-state index in [1.54, 1.807) is 43.5 Å². The lowest BCUT2D eigenvalue weighted by molar-refractivity contribution is -0.119. The van der Waals surface area contributed by atoms with E-state index in [1.165, 1.54) is 7.11 Å². The fourth-order valence-electron chi connectivity index (χ4n) is 4.18. The number of ether oxygens (including phenoxy) is 3. The molecule has 2 amide bonds. The Hall–Kier alpha value is -3.01. The molecule has 0 unspecified atom stereocenters. The van der Waals surface area contributed by atoms with Crippen LogP contribution in [0.4, 0.5) is 5.69 Å². The maximum atomic E-state index is 13.4. The Labute approximate surface area is 207 Å². The number of benzene rings is 1. The van der Waals surface area contributed by atoms with Crippen LogP contribution in [-0.4, -0.2) is 86.3 Å². The molecule has 2 heterocycles. The molecule has 0 radical (unpaired) electrons.